The third-order valence-corrected chi connectivity index (χ3v) is 4.35. The van der Waals surface area contributed by atoms with E-state index in [9.17, 15) is 22.8 Å². The van der Waals surface area contributed by atoms with Gasteiger partial charge < -0.3 is 15.0 Å². The molecular formula is C16H17F3N2O3. The van der Waals surface area contributed by atoms with E-state index in [0.29, 0.717) is 12.3 Å². The smallest absolute Gasteiger partial charge is 0.471 e. The monoisotopic (exact) mass is 342 g/mol. The molecule has 5 nitrogen and oxygen atoms in total. The largest absolute Gasteiger partial charge is 0.493 e. The number of anilines is 1. The summed E-state index contributed by atoms with van der Waals surface area (Å²) in [6.45, 7) is 0.501. The highest BCUT2D eigenvalue weighted by atomic mass is 19.4. The van der Waals surface area contributed by atoms with Crippen LogP contribution in [0.1, 0.15) is 18.4 Å². The number of rotatable bonds is 2. The molecule has 1 fully saturated rings. The first-order valence-electron chi connectivity index (χ1n) is 7.77. The lowest BCUT2D eigenvalue weighted by Gasteiger charge is -2.31. The quantitative estimate of drug-likeness (QED) is 0.898. The van der Waals surface area contributed by atoms with Gasteiger partial charge in [-0.1, -0.05) is 0 Å². The lowest BCUT2D eigenvalue weighted by Crippen LogP contribution is -2.46. The predicted octanol–water partition coefficient (Wildman–Crippen LogP) is 2.36. The van der Waals surface area contributed by atoms with Gasteiger partial charge in [-0.2, -0.15) is 13.2 Å². The second-order valence-electron chi connectivity index (χ2n) is 5.97. The maximum atomic E-state index is 12.4. The lowest BCUT2D eigenvalue weighted by atomic mass is 9.95. The number of nitrogens with zero attached hydrogens (tertiary/aromatic N) is 1. The summed E-state index contributed by atoms with van der Waals surface area (Å²) in [7, 11) is 0. The minimum atomic E-state index is -4.86. The Bertz CT molecular complexity index is 652. The number of carbonyl (C=O) groups excluding carboxylic acids is 2. The van der Waals surface area contributed by atoms with E-state index < -0.39 is 18.0 Å². The number of benzene rings is 1. The Labute approximate surface area is 136 Å². The van der Waals surface area contributed by atoms with Crippen LogP contribution in [-0.4, -0.2) is 42.6 Å². The molecule has 2 amide bonds. The van der Waals surface area contributed by atoms with Gasteiger partial charge in [0.1, 0.15) is 5.75 Å². The van der Waals surface area contributed by atoms with Gasteiger partial charge in [0.2, 0.25) is 5.91 Å². The molecule has 1 N–H and O–H groups in total. The summed E-state index contributed by atoms with van der Waals surface area (Å²) in [5, 5.41) is 2.80. The number of ether oxygens (including phenoxy) is 1. The SMILES string of the molecule is O=C(Nc1ccc2c(c1)CCO2)C1CCN(C(=O)C(F)(F)F)CC1. The van der Waals surface area contributed by atoms with Crippen molar-refractivity contribution in [2.75, 3.05) is 25.0 Å². The molecule has 0 spiro atoms. The summed E-state index contributed by atoms with van der Waals surface area (Å²) in [5.41, 5.74) is 1.68. The Morgan fingerprint density at radius 1 is 1.21 bits per heavy atom. The van der Waals surface area contributed by atoms with Crippen LogP contribution in [0.25, 0.3) is 0 Å². The number of hydrogen-bond acceptors (Lipinski definition) is 3. The topological polar surface area (TPSA) is 58.6 Å². The van der Waals surface area contributed by atoms with Gasteiger partial charge in [0.25, 0.3) is 0 Å². The molecule has 130 valence electrons. The van der Waals surface area contributed by atoms with Crippen molar-refractivity contribution in [2.45, 2.75) is 25.4 Å². The van der Waals surface area contributed by atoms with Crippen molar-refractivity contribution in [3.63, 3.8) is 0 Å². The normalized spacial score (nSPS) is 18.0. The zero-order valence-electron chi connectivity index (χ0n) is 12.9. The van der Waals surface area contributed by atoms with Gasteiger partial charge in [-0.15, -0.1) is 0 Å². The fourth-order valence-electron chi connectivity index (χ4n) is 3.03. The third kappa shape index (κ3) is 3.47. The van der Waals surface area contributed by atoms with Gasteiger partial charge in [-0.25, -0.2) is 0 Å². The fourth-order valence-corrected chi connectivity index (χ4v) is 3.03. The summed E-state index contributed by atoms with van der Waals surface area (Å²) in [4.78, 5) is 24.2. The molecular weight excluding hydrogens is 325 g/mol. The Hall–Kier alpha value is -2.25. The average Bonchev–Trinajstić information content (AvgIpc) is 3.01. The molecule has 1 saturated heterocycles. The number of amides is 2. The Morgan fingerprint density at radius 2 is 1.92 bits per heavy atom. The summed E-state index contributed by atoms with van der Waals surface area (Å²) >= 11 is 0. The van der Waals surface area contributed by atoms with Gasteiger partial charge in [0.05, 0.1) is 6.61 Å². The summed E-state index contributed by atoms with van der Waals surface area (Å²) < 4.78 is 42.6. The van der Waals surface area contributed by atoms with Crippen molar-refractivity contribution in [1.82, 2.24) is 4.90 Å². The first-order valence-corrected chi connectivity index (χ1v) is 7.77. The van der Waals surface area contributed by atoms with Crippen molar-refractivity contribution in [1.29, 1.82) is 0 Å². The molecule has 1 aromatic rings. The number of nitrogens with one attached hydrogen (secondary N) is 1. The van der Waals surface area contributed by atoms with Crippen molar-refractivity contribution in [3.8, 4) is 5.75 Å². The molecule has 2 heterocycles. The fraction of sp³-hybridized carbons (Fsp3) is 0.500. The number of hydrogen-bond donors (Lipinski definition) is 1. The molecule has 1 aromatic carbocycles. The predicted molar refractivity (Wildman–Crippen MR) is 79.6 cm³/mol. The zero-order valence-corrected chi connectivity index (χ0v) is 12.9. The zero-order chi connectivity index (χ0) is 17.3. The summed E-state index contributed by atoms with van der Waals surface area (Å²) in [6.07, 6.45) is -3.62. The number of carbonyl (C=O) groups is 2. The second-order valence-corrected chi connectivity index (χ2v) is 5.97. The van der Waals surface area contributed by atoms with Gasteiger partial charge in [0.15, 0.2) is 0 Å². The first kappa shape index (κ1) is 16.6. The number of piperidine rings is 1. The van der Waals surface area contributed by atoms with Crippen LogP contribution >= 0.6 is 0 Å². The van der Waals surface area contributed by atoms with Crippen LogP contribution in [0.4, 0.5) is 18.9 Å². The van der Waals surface area contributed by atoms with Crippen LogP contribution in [0, 0.1) is 5.92 Å². The first-order chi connectivity index (χ1) is 11.3. The maximum Gasteiger partial charge on any atom is 0.471 e. The Balaban J connectivity index is 1.55. The van der Waals surface area contributed by atoms with E-state index in [1.54, 1.807) is 12.1 Å². The lowest BCUT2D eigenvalue weighted by molar-refractivity contribution is -0.186. The molecule has 2 aliphatic heterocycles. The molecule has 3 rings (SSSR count). The molecule has 0 bridgehead atoms. The molecule has 0 radical (unpaired) electrons. The van der Waals surface area contributed by atoms with E-state index in [1.165, 1.54) is 0 Å². The molecule has 0 unspecified atom stereocenters. The Kier molecular flexibility index (Phi) is 4.38. The minimum absolute atomic E-state index is 0.0611. The molecule has 0 saturated carbocycles. The van der Waals surface area contributed by atoms with E-state index in [4.69, 9.17) is 4.74 Å². The van der Waals surface area contributed by atoms with E-state index in [0.717, 1.165) is 22.6 Å². The standard InChI is InChI=1S/C16H17F3N2O3/c17-16(18,19)15(23)21-6-3-10(4-7-21)14(22)20-12-1-2-13-11(9-12)5-8-24-13/h1-2,9-10H,3-8H2,(H,20,22). The molecule has 8 heteroatoms. The van der Waals surface area contributed by atoms with E-state index in [-0.39, 0.29) is 31.8 Å². The van der Waals surface area contributed by atoms with Crippen LogP contribution < -0.4 is 10.1 Å². The van der Waals surface area contributed by atoms with E-state index in [2.05, 4.69) is 5.32 Å². The highest BCUT2D eigenvalue weighted by Crippen LogP contribution is 2.29. The van der Waals surface area contributed by atoms with Crippen molar-refractivity contribution in [3.05, 3.63) is 23.8 Å². The molecule has 0 aliphatic carbocycles. The molecule has 0 atom stereocenters. The van der Waals surface area contributed by atoms with Gasteiger partial charge in [-0.05, 0) is 36.6 Å². The molecule has 2 aliphatic rings. The van der Waals surface area contributed by atoms with Crippen molar-refractivity contribution < 1.29 is 27.5 Å². The van der Waals surface area contributed by atoms with Crippen LogP contribution in [0.5, 0.6) is 5.75 Å². The van der Waals surface area contributed by atoms with Gasteiger partial charge in [0, 0.05) is 31.1 Å². The van der Waals surface area contributed by atoms with Gasteiger partial charge >= 0.3 is 12.1 Å². The van der Waals surface area contributed by atoms with Crippen molar-refractivity contribution >= 4 is 17.5 Å². The highest BCUT2D eigenvalue weighted by molar-refractivity contribution is 5.93. The van der Waals surface area contributed by atoms with E-state index >= 15 is 0 Å². The number of alkyl halides is 3. The average molecular weight is 342 g/mol. The number of fused-ring (bicyclic) bond motifs is 1. The third-order valence-electron chi connectivity index (χ3n) is 4.35. The number of likely N-dealkylation sites (tertiary alicyclic amines) is 1. The van der Waals surface area contributed by atoms with Crippen molar-refractivity contribution in [2.24, 2.45) is 5.92 Å². The maximum absolute atomic E-state index is 12.4. The molecule has 0 aromatic heterocycles. The second kappa shape index (κ2) is 6.33. The van der Waals surface area contributed by atoms with Crippen LogP contribution in [0.15, 0.2) is 18.2 Å². The van der Waals surface area contributed by atoms with Crippen LogP contribution in [-0.2, 0) is 16.0 Å². The minimum Gasteiger partial charge on any atom is -0.493 e. The summed E-state index contributed by atoms with van der Waals surface area (Å²) in [5.74, 6) is -1.65. The van der Waals surface area contributed by atoms with E-state index in [1.807, 2.05) is 6.07 Å². The van der Waals surface area contributed by atoms with Crippen LogP contribution in [0.3, 0.4) is 0 Å². The van der Waals surface area contributed by atoms with Gasteiger partial charge in [-0.3, -0.25) is 9.59 Å². The Morgan fingerprint density at radius 3 is 2.58 bits per heavy atom. The highest BCUT2D eigenvalue weighted by Gasteiger charge is 2.43. The number of halogens is 3. The van der Waals surface area contributed by atoms with Crippen LogP contribution in [0.2, 0.25) is 0 Å². The summed E-state index contributed by atoms with van der Waals surface area (Å²) in [6, 6.07) is 5.38. The molecule has 24 heavy (non-hydrogen) atoms.